The Hall–Kier alpha value is -2.56. The van der Waals surface area contributed by atoms with Crippen molar-refractivity contribution in [3.63, 3.8) is 0 Å². The molecule has 1 atom stereocenters. The molecule has 24 heavy (non-hydrogen) atoms. The summed E-state index contributed by atoms with van der Waals surface area (Å²) in [5.74, 6) is 0.198. The summed E-state index contributed by atoms with van der Waals surface area (Å²) in [6.07, 6.45) is 1.02. The van der Waals surface area contributed by atoms with Crippen LogP contribution in [0.5, 0.6) is 0 Å². The summed E-state index contributed by atoms with van der Waals surface area (Å²) in [7, 11) is 0. The van der Waals surface area contributed by atoms with Crippen LogP contribution in [0.4, 0.5) is 14.9 Å². The Morgan fingerprint density at radius 2 is 1.83 bits per heavy atom. The Balaban J connectivity index is 1.39. The molecule has 2 N–H and O–H groups in total. The van der Waals surface area contributed by atoms with Gasteiger partial charge in [-0.25, -0.2) is 9.18 Å². The van der Waals surface area contributed by atoms with Crippen molar-refractivity contribution in [2.24, 2.45) is 5.92 Å². The number of hydrogen-bond acceptors (Lipinski definition) is 2. The lowest BCUT2D eigenvalue weighted by Gasteiger charge is -2.19. The Bertz CT molecular complexity index is 660. The van der Waals surface area contributed by atoms with Gasteiger partial charge in [0.25, 0.3) is 0 Å². The van der Waals surface area contributed by atoms with E-state index in [-0.39, 0.29) is 11.8 Å². The molecule has 1 heterocycles. The Morgan fingerprint density at radius 1 is 1.08 bits per heavy atom. The minimum atomic E-state index is -0.216. The monoisotopic (exact) mass is 327 g/mol. The molecule has 0 aliphatic carbocycles. The standard InChI is InChI=1S/C19H22FN3O/c20-17-6-8-18(9-7-17)23-11-10-16(14-23)13-22-19(24)21-12-15-4-2-1-3-5-15/h1-9,16H,10-14H2,(H2,21,22,24)/t16-/m1/s1. The molecule has 2 aromatic carbocycles. The van der Waals surface area contributed by atoms with Gasteiger partial charge in [0.2, 0.25) is 0 Å². The maximum Gasteiger partial charge on any atom is 0.315 e. The van der Waals surface area contributed by atoms with Crippen LogP contribution in [-0.2, 0) is 6.54 Å². The summed E-state index contributed by atoms with van der Waals surface area (Å²) in [5.41, 5.74) is 2.11. The quantitative estimate of drug-likeness (QED) is 0.886. The number of carbonyl (C=O) groups is 1. The predicted molar refractivity (Wildman–Crippen MR) is 93.4 cm³/mol. The Morgan fingerprint density at radius 3 is 2.58 bits per heavy atom. The first-order valence-electron chi connectivity index (χ1n) is 8.27. The van der Waals surface area contributed by atoms with E-state index < -0.39 is 0 Å². The number of anilines is 1. The molecule has 0 bridgehead atoms. The third-order valence-electron chi connectivity index (χ3n) is 4.32. The second-order valence-corrected chi connectivity index (χ2v) is 6.13. The van der Waals surface area contributed by atoms with Crippen molar-refractivity contribution in [2.45, 2.75) is 13.0 Å². The molecule has 0 radical (unpaired) electrons. The van der Waals surface area contributed by atoms with Gasteiger partial charge in [0.05, 0.1) is 0 Å². The van der Waals surface area contributed by atoms with Crippen molar-refractivity contribution in [1.29, 1.82) is 0 Å². The predicted octanol–water partition coefficient (Wildman–Crippen LogP) is 3.15. The minimum Gasteiger partial charge on any atom is -0.371 e. The average Bonchev–Trinajstić information content (AvgIpc) is 3.09. The van der Waals surface area contributed by atoms with Crippen LogP contribution in [0.15, 0.2) is 54.6 Å². The van der Waals surface area contributed by atoms with Crippen LogP contribution in [-0.4, -0.2) is 25.7 Å². The number of amides is 2. The highest BCUT2D eigenvalue weighted by molar-refractivity contribution is 5.73. The maximum atomic E-state index is 13.0. The first-order chi connectivity index (χ1) is 11.7. The van der Waals surface area contributed by atoms with Gasteiger partial charge in [0.15, 0.2) is 0 Å². The van der Waals surface area contributed by atoms with Crippen molar-refractivity contribution in [2.75, 3.05) is 24.5 Å². The smallest absolute Gasteiger partial charge is 0.315 e. The molecule has 3 rings (SSSR count). The molecule has 4 nitrogen and oxygen atoms in total. The molecule has 0 saturated carbocycles. The van der Waals surface area contributed by atoms with E-state index in [1.54, 1.807) is 12.1 Å². The molecule has 126 valence electrons. The van der Waals surface area contributed by atoms with Crippen molar-refractivity contribution in [3.8, 4) is 0 Å². The number of nitrogens with zero attached hydrogens (tertiary/aromatic N) is 1. The Kier molecular flexibility index (Phi) is 5.31. The van der Waals surface area contributed by atoms with E-state index in [4.69, 9.17) is 0 Å². The van der Waals surface area contributed by atoms with Crippen LogP contribution in [0.2, 0.25) is 0 Å². The zero-order valence-electron chi connectivity index (χ0n) is 13.5. The highest BCUT2D eigenvalue weighted by Gasteiger charge is 2.23. The molecular formula is C19H22FN3O. The van der Waals surface area contributed by atoms with Crippen LogP contribution in [0, 0.1) is 11.7 Å². The number of urea groups is 1. The van der Waals surface area contributed by atoms with E-state index in [9.17, 15) is 9.18 Å². The molecule has 5 heteroatoms. The van der Waals surface area contributed by atoms with E-state index in [0.717, 1.165) is 30.8 Å². The second-order valence-electron chi connectivity index (χ2n) is 6.13. The fourth-order valence-corrected chi connectivity index (χ4v) is 2.96. The van der Waals surface area contributed by atoms with Gasteiger partial charge in [-0.2, -0.15) is 0 Å². The number of halogens is 1. The molecule has 0 unspecified atom stereocenters. The molecular weight excluding hydrogens is 305 g/mol. The number of carbonyl (C=O) groups excluding carboxylic acids is 1. The topological polar surface area (TPSA) is 44.4 Å². The van der Waals surface area contributed by atoms with E-state index in [2.05, 4.69) is 15.5 Å². The van der Waals surface area contributed by atoms with Gasteiger partial charge in [0, 0.05) is 31.9 Å². The van der Waals surface area contributed by atoms with E-state index in [0.29, 0.717) is 19.0 Å². The van der Waals surface area contributed by atoms with Gasteiger partial charge in [-0.15, -0.1) is 0 Å². The fourth-order valence-electron chi connectivity index (χ4n) is 2.96. The lowest BCUT2D eigenvalue weighted by atomic mass is 10.1. The third-order valence-corrected chi connectivity index (χ3v) is 4.32. The molecule has 0 spiro atoms. The summed E-state index contributed by atoms with van der Waals surface area (Å²) in [6, 6.07) is 16.3. The molecule has 1 saturated heterocycles. The number of rotatable bonds is 5. The van der Waals surface area contributed by atoms with Crippen molar-refractivity contribution >= 4 is 11.7 Å². The number of benzene rings is 2. The Labute approximate surface area is 141 Å². The van der Waals surface area contributed by atoms with E-state index in [1.165, 1.54) is 12.1 Å². The summed E-state index contributed by atoms with van der Waals surface area (Å²) < 4.78 is 13.0. The number of hydrogen-bond donors (Lipinski definition) is 2. The van der Waals surface area contributed by atoms with Gasteiger partial charge in [-0.3, -0.25) is 0 Å². The summed E-state index contributed by atoms with van der Waals surface area (Å²) in [4.78, 5) is 14.1. The second kappa shape index (κ2) is 7.81. The first-order valence-corrected chi connectivity index (χ1v) is 8.27. The molecule has 1 aliphatic heterocycles. The van der Waals surface area contributed by atoms with E-state index in [1.807, 2.05) is 30.3 Å². The minimum absolute atomic E-state index is 0.140. The van der Waals surface area contributed by atoms with E-state index >= 15 is 0 Å². The average molecular weight is 327 g/mol. The van der Waals surface area contributed by atoms with Crippen LogP contribution >= 0.6 is 0 Å². The molecule has 1 aliphatic rings. The van der Waals surface area contributed by atoms with Crippen molar-refractivity contribution in [1.82, 2.24) is 10.6 Å². The van der Waals surface area contributed by atoms with Gasteiger partial charge in [-0.05, 0) is 42.2 Å². The van der Waals surface area contributed by atoms with Crippen LogP contribution in [0.25, 0.3) is 0 Å². The van der Waals surface area contributed by atoms with Gasteiger partial charge >= 0.3 is 6.03 Å². The normalized spacial score (nSPS) is 16.9. The fraction of sp³-hybridized carbons (Fsp3) is 0.316. The molecule has 2 aromatic rings. The maximum absolute atomic E-state index is 13.0. The summed E-state index contributed by atoms with van der Waals surface area (Å²) in [5, 5.41) is 5.81. The van der Waals surface area contributed by atoms with Crippen LogP contribution in [0.1, 0.15) is 12.0 Å². The molecule has 1 fully saturated rings. The number of nitrogens with one attached hydrogen (secondary N) is 2. The third kappa shape index (κ3) is 4.47. The summed E-state index contributed by atoms with van der Waals surface area (Å²) in [6.45, 7) is 2.99. The molecule has 2 amide bonds. The zero-order valence-corrected chi connectivity index (χ0v) is 13.5. The van der Waals surface area contributed by atoms with Crippen molar-refractivity contribution < 1.29 is 9.18 Å². The van der Waals surface area contributed by atoms with Crippen LogP contribution in [0.3, 0.4) is 0 Å². The highest BCUT2D eigenvalue weighted by atomic mass is 19.1. The van der Waals surface area contributed by atoms with Gasteiger partial charge in [-0.1, -0.05) is 30.3 Å². The lowest BCUT2D eigenvalue weighted by Crippen LogP contribution is -2.38. The van der Waals surface area contributed by atoms with Gasteiger partial charge in [0.1, 0.15) is 5.82 Å². The first kappa shape index (κ1) is 16.3. The lowest BCUT2D eigenvalue weighted by molar-refractivity contribution is 0.239. The van der Waals surface area contributed by atoms with Gasteiger partial charge < -0.3 is 15.5 Å². The highest BCUT2D eigenvalue weighted by Crippen LogP contribution is 2.23. The summed E-state index contributed by atoms with van der Waals surface area (Å²) >= 11 is 0. The SMILES string of the molecule is O=C(NCc1ccccc1)NC[C@H]1CCN(c2ccc(F)cc2)C1. The largest absolute Gasteiger partial charge is 0.371 e. The zero-order chi connectivity index (χ0) is 16.8. The molecule has 0 aromatic heterocycles. The van der Waals surface area contributed by atoms with Crippen molar-refractivity contribution in [3.05, 3.63) is 66.0 Å². The van der Waals surface area contributed by atoms with Crippen LogP contribution < -0.4 is 15.5 Å².